The molecule has 5 nitrogen and oxygen atoms in total. The third kappa shape index (κ3) is 5.02. The highest BCUT2D eigenvalue weighted by Crippen LogP contribution is 2.67. The molecule has 0 bridgehead atoms. The monoisotopic (exact) mass is 752 g/mol. The number of alkyl halides is 2. The molecule has 0 aromatic heterocycles. The van der Waals surface area contributed by atoms with Crippen LogP contribution in [-0.4, -0.2) is 54.9 Å². The number of hydrogen-bond acceptors (Lipinski definition) is 5. The molecule has 0 radical (unpaired) electrons. The molecule has 0 aromatic rings. The Labute approximate surface area is 288 Å². The van der Waals surface area contributed by atoms with E-state index in [4.69, 9.17) is 0 Å². The summed E-state index contributed by atoms with van der Waals surface area (Å²) in [6.45, 7) is 9.29. The fraction of sp³-hybridized carbons (Fsp3) is 0.947. The Hall–Kier alpha value is 0.180. The van der Waals surface area contributed by atoms with E-state index < -0.39 is 0 Å². The van der Waals surface area contributed by atoms with Gasteiger partial charge < -0.3 is 15.3 Å². The number of ketones is 2. The number of aliphatic hydroxyl groups excluding tert-OH is 3. The van der Waals surface area contributed by atoms with Gasteiger partial charge in [-0.3, -0.25) is 9.59 Å². The first-order valence-electron chi connectivity index (χ1n) is 18.5. The summed E-state index contributed by atoms with van der Waals surface area (Å²) in [6, 6.07) is 0. The second kappa shape index (κ2) is 11.6. The van der Waals surface area contributed by atoms with Crippen molar-refractivity contribution >= 4 is 43.4 Å². The normalized spacial score (nSPS) is 58.6. The second-order valence-electron chi connectivity index (χ2n) is 18.4. The van der Waals surface area contributed by atoms with Crippen molar-refractivity contribution in [2.24, 2.45) is 69.0 Å². The lowest BCUT2D eigenvalue weighted by Crippen LogP contribution is -2.58. The van der Waals surface area contributed by atoms with Crippen LogP contribution in [0.4, 0.5) is 0 Å². The Kier molecular flexibility index (Phi) is 8.70. The van der Waals surface area contributed by atoms with E-state index in [0.29, 0.717) is 46.6 Å². The topological polar surface area (TPSA) is 94.8 Å². The third-order valence-corrected chi connectivity index (χ3v) is 18.3. The van der Waals surface area contributed by atoms with Crippen molar-refractivity contribution in [2.45, 2.75) is 152 Å². The van der Waals surface area contributed by atoms with Gasteiger partial charge in [0.1, 0.15) is 0 Å². The molecule has 8 aliphatic carbocycles. The Bertz CT molecular complexity index is 1190. The number of carbonyl (C=O) groups is 2. The largest absolute Gasteiger partial charge is 0.393 e. The number of Topliss-reactive ketones (excluding diaryl/α,β-unsaturated/α-hetero) is 2. The van der Waals surface area contributed by atoms with Crippen LogP contribution in [0.1, 0.15) is 124 Å². The van der Waals surface area contributed by atoms with E-state index in [1.165, 1.54) is 25.7 Å². The minimum atomic E-state index is -0.307. The Morgan fingerprint density at radius 2 is 1.07 bits per heavy atom. The first-order valence-corrected chi connectivity index (χ1v) is 20.4. The maximum Gasteiger partial charge on any atom is 0.152 e. The summed E-state index contributed by atoms with van der Waals surface area (Å²) in [4.78, 5) is 25.4. The van der Waals surface area contributed by atoms with Crippen molar-refractivity contribution in [1.29, 1.82) is 0 Å². The highest BCUT2D eigenvalue weighted by Gasteiger charge is 2.65. The van der Waals surface area contributed by atoms with Gasteiger partial charge in [0.25, 0.3) is 0 Å². The molecule has 8 saturated carbocycles. The summed E-state index contributed by atoms with van der Waals surface area (Å²) in [5.41, 5.74) is 0.342. The van der Waals surface area contributed by atoms with Crippen LogP contribution in [0.15, 0.2) is 0 Å². The van der Waals surface area contributed by atoms with E-state index in [1.807, 2.05) is 0 Å². The summed E-state index contributed by atoms with van der Waals surface area (Å²) < 4.78 is 0. The van der Waals surface area contributed by atoms with Crippen LogP contribution in [0.3, 0.4) is 0 Å². The summed E-state index contributed by atoms with van der Waals surface area (Å²) in [5.74, 6) is 5.17. The van der Waals surface area contributed by atoms with Gasteiger partial charge in [-0.15, -0.1) is 0 Å². The summed E-state index contributed by atoms with van der Waals surface area (Å²) in [7, 11) is 0. The number of hydrogen-bond donors (Lipinski definition) is 3. The first kappa shape index (κ1) is 33.7. The molecule has 3 N–H and O–H groups in total. The molecule has 0 amide bonds. The molecule has 0 unspecified atom stereocenters. The van der Waals surface area contributed by atoms with Crippen LogP contribution in [0.5, 0.6) is 0 Å². The second-order valence-corrected chi connectivity index (χ2v) is 20.6. The summed E-state index contributed by atoms with van der Waals surface area (Å²) >= 11 is 7.24. The Morgan fingerprint density at radius 1 is 0.556 bits per heavy atom. The number of fused-ring (bicyclic) bond motifs is 10. The number of halogens is 2. The zero-order valence-electron chi connectivity index (χ0n) is 28.0. The van der Waals surface area contributed by atoms with Crippen LogP contribution in [0.25, 0.3) is 0 Å². The van der Waals surface area contributed by atoms with Gasteiger partial charge in [0.2, 0.25) is 0 Å². The van der Waals surface area contributed by atoms with Gasteiger partial charge in [-0.25, -0.2) is 0 Å². The molecule has 0 aromatic carbocycles. The maximum absolute atomic E-state index is 12.7. The molecule has 0 spiro atoms. The molecule has 8 aliphatic rings. The smallest absolute Gasteiger partial charge is 0.152 e. The van der Waals surface area contributed by atoms with Crippen LogP contribution in [-0.2, 0) is 9.59 Å². The van der Waals surface area contributed by atoms with Gasteiger partial charge in [-0.2, -0.15) is 0 Å². The molecule has 7 heteroatoms. The predicted octanol–water partition coefficient (Wildman–Crippen LogP) is 7.64. The van der Waals surface area contributed by atoms with Crippen molar-refractivity contribution in [3.63, 3.8) is 0 Å². The van der Waals surface area contributed by atoms with Gasteiger partial charge >= 0.3 is 0 Å². The minimum absolute atomic E-state index is 0.0258. The lowest BCUT2D eigenvalue weighted by atomic mass is 9.44. The maximum atomic E-state index is 12.7. The van der Waals surface area contributed by atoms with Gasteiger partial charge in [-0.1, -0.05) is 59.6 Å². The fourth-order valence-corrected chi connectivity index (χ4v) is 15.8. The number of rotatable bonds is 0. The molecular formula is C38H58Br2O5. The Balaban J connectivity index is 0.000000145. The lowest BCUT2D eigenvalue weighted by Gasteiger charge is -2.61. The average molecular weight is 755 g/mol. The van der Waals surface area contributed by atoms with Crippen molar-refractivity contribution in [3.8, 4) is 0 Å². The Morgan fingerprint density at radius 3 is 1.69 bits per heavy atom. The van der Waals surface area contributed by atoms with E-state index in [0.717, 1.165) is 82.5 Å². The van der Waals surface area contributed by atoms with E-state index >= 15 is 0 Å². The minimum Gasteiger partial charge on any atom is -0.393 e. The van der Waals surface area contributed by atoms with E-state index in [-0.39, 0.29) is 50.1 Å². The van der Waals surface area contributed by atoms with E-state index in [1.54, 1.807) is 0 Å². The van der Waals surface area contributed by atoms with Gasteiger partial charge in [-0.05, 0) is 154 Å². The molecule has 0 aliphatic heterocycles. The SMILES string of the molecule is C[C@]12CC[C@H](O)C[C@@H]1CC[C@@H]1[C@@H]2CC[C@]2(C)C(=O)[C@H](Br)C[C@@H]12.C[C@]12CC[C@H](O)C[C@@H]1C[C@H](O)[C@@H]1[C@@H]2CC[C@]2(C)C(=O)[C@H](Br)C[C@@H]12. The first-order chi connectivity index (χ1) is 21.1. The molecule has 8 fully saturated rings. The number of carbonyl (C=O) groups excluding carboxylic acids is 2. The molecule has 17 atom stereocenters. The van der Waals surface area contributed by atoms with Gasteiger partial charge in [0, 0.05) is 10.8 Å². The fourth-order valence-electron chi connectivity index (χ4n) is 13.9. The van der Waals surface area contributed by atoms with Gasteiger partial charge in [0.05, 0.1) is 28.0 Å². The zero-order chi connectivity index (χ0) is 32.3. The van der Waals surface area contributed by atoms with Crippen molar-refractivity contribution in [2.75, 3.05) is 0 Å². The molecule has 254 valence electrons. The molecule has 45 heavy (non-hydrogen) atoms. The third-order valence-electron chi connectivity index (χ3n) is 16.7. The van der Waals surface area contributed by atoms with Crippen LogP contribution in [0.2, 0.25) is 0 Å². The van der Waals surface area contributed by atoms with Crippen molar-refractivity contribution in [1.82, 2.24) is 0 Å². The van der Waals surface area contributed by atoms with Crippen molar-refractivity contribution < 1.29 is 24.9 Å². The van der Waals surface area contributed by atoms with Crippen LogP contribution in [0, 0.1) is 69.0 Å². The number of aliphatic hydroxyl groups is 3. The van der Waals surface area contributed by atoms with Crippen LogP contribution < -0.4 is 0 Å². The molecule has 0 heterocycles. The lowest BCUT2D eigenvalue weighted by molar-refractivity contribution is -0.171. The summed E-state index contributed by atoms with van der Waals surface area (Å²) in [6.07, 6.45) is 15.1. The quantitative estimate of drug-likeness (QED) is 0.221. The molecule has 0 saturated heterocycles. The van der Waals surface area contributed by atoms with Gasteiger partial charge in [0.15, 0.2) is 11.6 Å². The zero-order valence-corrected chi connectivity index (χ0v) is 31.2. The highest BCUT2D eigenvalue weighted by molar-refractivity contribution is 9.10. The molecule has 8 rings (SSSR count). The van der Waals surface area contributed by atoms with Crippen LogP contribution >= 0.6 is 31.9 Å². The predicted molar refractivity (Wildman–Crippen MR) is 183 cm³/mol. The van der Waals surface area contributed by atoms with E-state index in [9.17, 15) is 24.9 Å². The highest BCUT2D eigenvalue weighted by atomic mass is 79.9. The van der Waals surface area contributed by atoms with E-state index in [2.05, 4.69) is 59.6 Å². The average Bonchev–Trinajstić information content (AvgIpc) is 3.37. The van der Waals surface area contributed by atoms with Crippen molar-refractivity contribution in [3.05, 3.63) is 0 Å². The standard InChI is InChI=1S/C19H29BrO3.C19H29BrO2/c1-18-5-3-11(21)7-10(18)8-15(22)16-12(18)4-6-19(2)13(16)9-14(20)17(19)23;1-18-7-5-12(21)9-11(18)3-4-13-14(18)6-8-19(2)15(13)10-16(20)17(19)22/h10-16,21-22H,3-9H2,1-2H3;11-16,21H,3-10H2,1-2H3/t10-,11+,12+,13+,14-,15+,16-,18+,19+;11-,12-,13+,14-,15-,16+,18-,19-/m10/s1. The molecular weight excluding hydrogens is 696 g/mol. The summed E-state index contributed by atoms with van der Waals surface area (Å²) in [5, 5.41) is 31.1.